The summed E-state index contributed by atoms with van der Waals surface area (Å²) in [5.41, 5.74) is 2.78. The van der Waals surface area contributed by atoms with Gasteiger partial charge in [0.2, 0.25) is 0 Å². The average Bonchev–Trinajstić information content (AvgIpc) is 3.04. The van der Waals surface area contributed by atoms with Crippen molar-refractivity contribution < 1.29 is 32.0 Å². The van der Waals surface area contributed by atoms with Gasteiger partial charge in [0.15, 0.2) is 0 Å². The molecule has 0 unspecified atom stereocenters. The maximum absolute atomic E-state index is 12.6. The number of hydrogen-bond acceptors (Lipinski definition) is 5. The van der Waals surface area contributed by atoms with E-state index in [1.54, 1.807) is 31.3 Å². The lowest BCUT2D eigenvalue weighted by atomic mass is 10.1. The summed E-state index contributed by atoms with van der Waals surface area (Å²) >= 11 is 0. The van der Waals surface area contributed by atoms with E-state index in [4.69, 9.17) is 9.26 Å². The Hall–Kier alpha value is -3.49. The quantitative estimate of drug-likeness (QED) is 0.521. The summed E-state index contributed by atoms with van der Waals surface area (Å²) in [6.45, 7) is 4.19. The molecule has 0 bridgehead atoms. The lowest BCUT2D eigenvalue weighted by Gasteiger charge is -2.18. The van der Waals surface area contributed by atoms with Gasteiger partial charge in [-0.2, -0.15) is 0 Å². The predicted octanol–water partition coefficient (Wildman–Crippen LogP) is 5.04. The molecule has 0 aliphatic carbocycles. The van der Waals surface area contributed by atoms with Crippen molar-refractivity contribution in [2.24, 2.45) is 0 Å². The summed E-state index contributed by atoms with van der Waals surface area (Å²) in [6, 6.07) is 12.1. The number of aromatic nitrogens is 1. The van der Waals surface area contributed by atoms with E-state index in [0.29, 0.717) is 29.2 Å². The zero-order valence-electron chi connectivity index (χ0n) is 17.2. The first kappa shape index (κ1) is 22.2. The zero-order valence-corrected chi connectivity index (χ0v) is 17.2. The molecule has 0 N–H and O–H groups in total. The third-order valence-electron chi connectivity index (χ3n) is 4.59. The van der Waals surface area contributed by atoms with Crippen molar-refractivity contribution in [3.8, 4) is 11.5 Å². The smallest absolute Gasteiger partial charge is 0.489 e. The molecule has 1 heterocycles. The van der Waals surface area contributed by atoms with E-state index in [-0.39, 0.29) is 18.2 Å². The molecule has 0 radical (unpaired) electrons. The topological polar surface area (TPSA) is 64.8 Å². The molecule has 0 aliphatic heterocycles. The Bertz CT molecular complexity index is 1010. The molecule has 2 aromatic carbocycles. The van der Waals surface area contributed by atoms with Gasteiger partial charge in [0.1, 0.15) is 23.9 Å². The Morgan fingerprint density at radius 3 is 2.19 bits per heavy atom. The van der Waals surface area contributed by atoms with Crippen molar-refractivity contribution in [2.45, 2.75) is 33.4 Å². The van der Waals surface area contributed by atoms with Crippen molar-refractivity contribution in [1.82, 2.24) is 10.1 Å². The number of ether oxygens (including phenoxy) is 2. The number of benzene rings is 2. The molecule has 0 aliphatic rings. The average molecular weight is 434 g/mol. The third-order valence-corrected chi connectivity index (χ3v) is 4.59. The largest absolute Gasteiger partial charge is 0.573 e. The van der Waals surface area contributed by atoms with Gasteiger partial charge in [-0.3, -0.25) is 4.79 Å². The van der Waals surface area contributed by atoms with E-state index in [2.05, 4.69) is 9.89 Å². The first-order chi connectivity index (χ1) is 14.6. The van der Waals surface area contributed by atoms with Gasteiger partial charge in [-0.15, -0.1) is 13.2 Å². The van der Waals surface area contributed by atoms with Crippen LogP contribution in [0.15, 0.2) is 53.1 Å². The lowest BCUT2D eigenvalue weighted by Crippen LogP contribution is -2.26. The van der Waals surface area contributed by atoms with Crippen LogP contribution in [0.5, 0.6) is 11.5 Å². The first-order valence-corrected chi connectivity index (χ1v) is 9.37. The molecule has 0 saturated heterocycles. The van der Waals surface area contributed by atoms with Gasteiger partial charge >= 0.3 is 6.36 Å². The van der Waals surface area contributed by atoms with Crippen LogP contribution in [0.3, 0.4) is 0 Å². The van der Waals surface area contributed by atoms with Crippen LogP contribution >= 0.6 is 0 Å². The fourth-order valence-electron chi connectivity index (χ4n) is 2.92. The van der Waals surface area contributed by atoms with Gasteiger partial charge in [-0.05, 0) is 55.8 Å². The van der Waals surface area contributed by atoms with E-state index in [0.717, 1.165) is 11.3 Å². The molecule has 0 fully saturated rings. The van der Waals surface area contributed by atoms with Crippen LogP contribution in [0.2, 0.25) is 0 Å². The lowest BCUT2D eigenvalue weighted by molar-refractivity contribution is -0.274. The van der Waals surface area contributed by atoms with Gasteiger partial charge in [0, 0.05) is 19.2 Å². The highest BCUT2D eigenvalue weighted by atomic mass is 19.4. The molecule has 9 heteroatoms. The van der Waals surface area contributed by atoms with Crippen LogP contribution in [0.25, 0.3) is 0 Å². The van der Waals surface area contributed by atoms with Crippen LogP contribution in [0, 0.1) is 13.8 Å². The number of carbonyl (C=O) groups is 1. The number of carbonyl (C=O) groups excluding carboxylic acids is 1. The third kappa shape index (κ3) is 6.00. The summed E-state index contributed by atoms with van der Waals surface area (Å²) in [4.78, 5) is 14.1. The monoisotopic (exact) mass is 434 g/mol. The number of amides is 1. The zero-order chi connectivity index (χ0) is 22.6. The van der Waals surface area contributed by atoms with Crippen molar-refractivity contribution in [3.05, 3.63) is 76.7 Å². The predicted molar refractivity (Wildman–Crippen MR) is 106 cm³/mol. The van der Waals surface area contributed by atoms with Gasteiger partial charge in [-0.25, -0.2) is 0 Å². The second-order valence-electron chi connectivity index (χ2n) is 6.97. The fraction of sp³-hybridized carbons (Fsp3) is 0.273. The molecule has 0 spiro atoms. The van der Waals surface area contributed by atoms with E-state index in [1.165, 1.54) is 29.2 Å². The molecule has 31 heavy (non-hydrogen) atoms. The van der Waals surface area contributed by atoms with E-state index < -0.39 is 6.36 Å². The molecule has 1 amide bonds. The maximum Gasteiger partial charge on any atom is 0.573 e. The molecular weight excluding hydrogens is 413 g/mol. The van der Waals surface area contributed by atoms with Gasteiger partial charge in [-0.1, -0.05) is 17.3 Å². The Labute approximate surface area is 177 Å². The van der Waals surface area contributed by atoms with Gasteiger partial charge in [0.05, 0.1) is 11.3 Å². The number of alkyl halides is 3. The molecule has 164 valence electrons. The van der Waals surface area contributed by atoms with Crippen molar-refractivity contribution in [1.29, 1.82) is 0 Å². The van der Waals surface area contributed by atoms with Crippen LogP contribution < -0.4 is 9.47 Å². The second kappa shape index (κ2) is 9.11. The van der Waals surface area contributed by atoms with Crippen molar-refractivity contribution in [3.63, 3.8) is 0 Å². The molecule has 6 nitrogen and oxygen atoms in total. The molecular formula is C22H21F3N2O4. The Morgan fingerprint density at radius 1 is 1.03 bits per heavy atom. The first-order valence-electron chi connectivity index (χ1n) is 9.37. The number of nitrogens with zero attached hydrogens (tertiary/aromatic N) is 2. The Balaban J connectivity index is 1.56. The summed E-state index contributed by atoms with van der Waals surface area (Å²) in [6.07, 6.45) is -4.74. The normalized spacial score (nSPS) is 11.3. The number of rotatable bonds is 7. The number of hydrogen-bond donors (Lipinski definition) is 0. The minimum absolute atomic E-state index is 0.229. The summed E-state index contributed by atoms with van der Waals surface area (Å²) in [5, 5.41) is 3.88. The SMILES string of the molecule is Cc1noc(C)c1COc1ccc(C(=O)N(C)Cc2ccc(OC(F)(F)F)cc2)cc1. The molecule has 3 aromatic rings. The molecule has 0 saturated carbocycles. The summed E-state index contributed by atoms with van der Waals surface area (Å²) < 4.78 is 51.4. The van der Waals surface area contributed by atoms with Gasteiger partial charge in [0.25, 0.3) is 5.91 Å². The standard InChI is InChI=1S/C22H21F3N2O4/c1-14-20(15(2)31-26-14)13-29-18-10-6-17(7-11-18)21(28)27(3)12-16-4-8-19(9-5-16)30-22(23,24)25/h4-11H,12-13H2,1-3H3. The van der Waals surface area contributed by atoms with Crippen LogP contribution in [-0.2, 0) is 13.2 Å². The van der Waals surface area contributed by atoms with Crippen LogP contribution in [-0.4, -0.2) is 29.4 Å². The van der Waals surface area contributed by atoms with Crippen LogP contribution in [0.1, 0.15) is 32.9 Å². The van der Waals surface area contributed by atoms with Crippen LogP contribution in [0.4, 0.5) is 13.2 Å². The molecule has 3 rings (SSSR count). The molecule has 1 aromatic heterocycles. The van der Waals surface area contributed by atoms with Crippen molar-refractivity contribution >= 4 is 5.91 Å². The highest BCUT2D eigenvalue weighted by molar-refractivity contribution is 5.94. The van der Waals surface area contributed by atoms with E-state index >= 15 is 0 Å². The summed E-state index contributed by atoms with van der Waals surface area (Å²) in [5.74, 6) is 0.758. The van der Waals surface area contributed by atoms with Gasteiger partial charge < -0.3 is 18.9 Å². The minimum Gasteiger partial charge on any atom is -0.489 e. The highest BCUT2D eigenvalue weighted by Crippen LogP contribution is 2.23. The Morgan fingerprint density at radius 2 is 1.65 bits per heavy atom. The maximum atomic E-state index is 12.6. The molecule has 0 atom stereocenters. The number of aryl methyl sites for hydroxylation is 2. The van der Waals surface area contributed by atoms with E-state index in [9.17, 15) is 18.0 Å². The van der Waals surface area contributed by atoms with E-state index in [1.807, 2.05) is 13.8 Å². The van der Waals surface area contributed by atoms with Crippen molar-refractivity contribution in [2.75, 3.05) is 7.05 Å². The second-order valence-corrected chi connectivity index (χ2v) is 6.97. The minimum atomic E-state index is -4.74. The highest BCUT2D eigenvalue weighted by Gasteiger charge is 2.31. The number of halogens is 3. The summed E-state index contributed by atoms with van der Waals surface area (Å²) in [7, 11) is 1.62. The Kier molecular flexibility index (Phi) is 6.53. The fourth-order valence-corrected chi connectivity index (χ4v) is 2.92.